The molecule has 4 atom stereocenters. The first-order valence-electron chi connectivity index (χ1n) is 16.7. The molecule has 0 radical (unpaired) electrons. The number of hydrogen-bond acceptors (Lipinski definition) is 7. The molecule has 5 aromatic rings. The monoisotopic (exact) mass is 766 g/mol. The summed E-state index contributed by atoms with van der Waals surface area (Å²) in [7, 11) is 0. The Morgan fingerprint density at radius 3 is 1.02 bits per heavy atom. The molecule has 0 aliphatic heterocycles. The van der Waals surface area contributed by atoms with Gasteiger partial charge in [0.2, 0.25) is 0 Å². The van der Waals surface area contributed by atoms with E-state index >= 15 is 0 Å². The van der Waals surface area contributed by atoms with Crippen molar-refractivity contribution in [2.75, 3.05) is 0 Å². The summed E-state index contributed by atoms with van der Waals surface area (Å²) >= 11 is 0. The lowest BCUT2D eigenvalue weighted by Gasteiger charge is -2.32. The van der Waals surface area contributed by atoms with Crippen LogP contribution in [0.2, 0.25) is 0 Å². The van der Waals surface area contributed by atoms with Gasteiger partial charge in [-0.15, -0.1) is 0 Å². The first-order chi connectivity index (χ1) is 26.1. The van der Waals surface area contributed by atoms with Crippen molar-refractivity contribution >= 4 is 17.9 Å². The Hall–Kier alpha value is -5.99. The lowest BCUT2D eigenvalue weighted by atomic mass is 9.87. The van der Waals surface area contributed by atoms with Crippen molar-refractivity contribution in [2.24, 2.45) is 0 Å². The van der Waals surface area contributed by atoms with Gasteiger partial charge in [0.15, 0.2) is 0 Å². The second kappa shape index (κ2) is 17.9. The molecule has 0 spiro atoms. The van der Waals surface area contributed by atoms with E-state index in [0.717, 1.165) is 58.7 Å². The van der Waals surface area contributed by atoms with Crippen LogP contribution in [-0.2, 0) is 35.2 Å². The average Bonchev–Trinajstić information content (AvgIpc) is 3.11. The van der Waals surface area contributed by atoms with Crippen molar-refractivity contribution < 1.29 is 65.5 Å². The number of aromatic carboxylic acids is 1. The van der Waals surface area contributed by atoms with Crippen LogP contribution < -0.4 is 0 Å². The number of carboxylic acids is 1. The Morgan fingerprint density at radius 1 is 0.455 bits per heavy atom. The number of rotatable bonds is 5. The highest BCUT2D eigenvalue weighted by molar-refractivity contribution is 5.90. The molecule has 14 heteroatoms. The van der Waals surface area contributed by atoms with Gasteiger partial charge in [-0.2, -0.15) is 0 Å². The highest BCUT2D eigenvalue weighted by atomic mass is 19.2. The number of ether oxygens (including phenoxy) is 2. The molecule has 2 aliphatic carbocycles. The lowest BCUT2D eigenvalue weighted by molar-refractivity contribution is -0.0390. The minimum Gasteiger partial charge on any atom is -0.478 e. The van der Waals surface area contributed by atoms with E-state index in [2.05, 4.69) is 0 Å². The predicted molar refractivity (Wildman–Crippen MR) is 184 cm³/mol. The molecular formula is C41H32F6O8. The normalized spacial score (nSPS) is 18.2. The fraction of sp³-hybridized carbons (Fsp3) is 0.195. The highest BCUT2D eigenvalue weighted by Crippen LogP contribution is 2.28. The number of esters is 2. The number of fused-ring (bicyclic) bond motifs is 2. The molecule has 7 rings (SSSR count). The van der Waals surface area contributed by atoms with Crippen molar-refractivity contribution in [2.45, 2.75) is 50.1 Å². The van der Waals surface area contributed by atoms with E-state index in [4.69, 9.17) is 14.6 Å². The zero-order valence-electron chi connectivity index (χ0n) is 28.6. The third-order valence-electron chi connectivity index (χ3n) is 8.62. The Balaban J connectivity index is 0.000000204. The topological polar surface area (TPSA) is 130 Å². The summed E-state index contributed by atoms with van der Waals surface area (Å²) in [5.41, 5.74) is 2.96. The third kappa shape index (κ3) is 11.0. The Bertz CT molecular complexity index is 2010. The summed E-state index contributed by atoms with van der Waals surface area (Å²) in [4.78, 5) is 35.2. The molecule has 0 saturated carbocycles. The van der Waals surface area contributed by atoms with Crippen molar-refractivity contribution in [3.63, 3.8) is 0 Å². The minimum absolute atomic E-state index is 0.176. The van der Waals surface area contributed by atoms with Gasteiger partial charge in [-0.1, -0.05) is 48.5 Å². The van der Waals surface area contributed by atoms with Gasteiger partial charge in [-0.05, 0) is 58.7 Å². The quantitative estimate of drug-likeness (QED) is 0.129. The van der Waals surface area contributed by atoms with Crippen LogP contribution in [0.1, 0.15) is 53.3 Å². The van der Waals surface area contributed by atoms with Crippen LogP contribution >= 0.6 is 0 Å². The Morgan fingerprint density at radius 2 is 0.727 bits per heavy atom. The van der Waals surface area contributed by atoms with Crippen LogP contribution in [-0.4, -0.2) is 57.6 Å². The van der Waals surface area contributed by atoms with Gasteiger partial charge < -0.3 is 24.8 Å². The van der Waals surface area contributed by atoms with Crippen molar-refractivity contribution in [3.05, 3.63) is 177 Å². The van der Waals surface area contributed by atoms with E-state index in [1.165, 1.54) is 0 Å². The van der Waals surface area contributed by atoms with Crippen LogP contribution in [0.25, 0.3) is 0 Å². The number of aliphatic hydroxyl groups is 2. The van der Waals surface area contributed by atoms with E-state index in [1.54, 1.807) is 12.1 Å². The summed E-state index contributed by atoms with van der Waals surface area (Å²) in [6, 6.07) is 21.9. The molecule has 55 heavy (non-hydrogen) atoms. The molecule has 0 amide bonds. The molecule has 0 aromatic heterocycles. The minimum atomic E-state index is -1.34. The molecule has 8 nitrogen and oxygen atoms in total. The van der Waals surface area contributed by atoms with E-state index in [1.807, 2.05) is 36.4 Å². The van der Waals surface area contributed by atoms with Crippen LogP contribution in [0.5, 0.6) is 0 Å². The first-order valence-corrected chi connectivity index (χ1v) is 16.7. The molecule has 5 aromatic carbocycles. The molecule has 0 heterocycles. The summed E-state index contributed by atoms with van der Waals surface area (Å²) in [6.45, 7) is 0. The smallest absolute Gasteiger partial charge is 0.338 e. The standard InChI is InChI=1S/C24H16F4O4.C10H12O2.C7H4F2O2/c25-17-5-15(6-18(26)11-17)23(29)31-21-9-13-3-1-2-4-14(13)10-22(21)32-24(30)16-7-19(27)12-20(28)8-16;11-9-5-7-3-1-2-4-8(7)6-10(9)12;8-5-1-4(7(10)11)2-6(9)3-5/h1-8,11-12,21-22H,9-10H2;1-4,9-12H,5-6H2;1-3H,(H,10,11)/t21-,22+;9-,10+;. The number of benzene rings is 5. The zero-order chi connectivity index (χ0) is 39.8. The van der Waals surface area contributed by atoms with Crippen molar-refractivity contribution in [3.8, 4) is 0 Å². The van der Waals surface area contributed by atoms with E-state index in [0.29, 0.717) is 31.0 Å². The van der Waals surface area contributed by atoms with Gasteiger partial charge in [0.25, 0.3) is 0 Å². The van der Waals surface area contributed by atoms with Crippen LogP contribution in [0.3, 0.4) is 0 Å². The molecular weight excluding hydrogens is 734 g/mol. The van der Waals surface area contributed by atoms with E-state index in [-0.39, 0.29) is 29.5 Å². The fourth-order valence-corrected chi connectivity index (χ4v) is 6.00. The maximum absolute atomic E-state index is 13.5. The van der Waals surface area contributed by atoms with Gasteiger partial charge in [0.05, 0.1) is 28.9 Å². The Labute approximate surface area is 310 Å². The molecule has 0 bridgehead atoms. The number of carbonyl (C=O) groups is 3. The van der Waals surface area contributed by atoms with Crippen molar-refractivity contribution in [1.82, 2.24) is 0 Å². The van der Waals surface area contributed by atoms with E-state index in [9.17, 15) is 50.9 Å². The molecule has 0 saturated heterocycles. The lowest BCUT2D eigenvalue weighted by Crippen LogP contribution is -2.41. The summed E-state index contributed by atoms with van der Waals surface area (Å²) in [6.07, 6.45) is -1.61. The summed E-state index contributed by atoms with van der Waals surface area (Å²) < 4.78 is 89.4. The van der Waals surface area contributed by atoms with Gasteiger partial charge in [0.1, 0.15) is 47.1 Å². The van der Waals surface area contributed by atoms with Crippen LogP contribution in [0.4, 0.5) is 26.3 Å². The van der Waals surface area contributed by atoms with Gasteiger partial charge in [-0.25, -0.2) is 40.7 Å². The van der Waals surface area contributed by atoms with Crippen LogP contribution in [0.15, 0.2) is 103 Å². The van der Waals surface area contributed by atoms with E-state index < -0.39 is 77.2 Å². The largest absolute Gasteiger partial charge is 0.478 e. The molecule has 3 N–H and O–H groups in total. The van der Waals surface area contributed by atoms with Gasteiger partial charge in [-0.3, -0.25) is 0 Å². The van der Waals surface area contributed by atoms with Gasteiger partial charge >= 0.3 is 17.9 Å². The second-order valence-electron chi connectivity index (χ2n) is 12.7. The van der Waals surface area contributed by atoms with Crippen LogP contribution in [0, 0.1) is 34.9 Å². The fourth-order valence-electron chi connectivity index (χ4n) is 6.00. The average molecular weight is 767 g/mol. The highest BCUT2D eigenvalue weighted by Gasteiger charge is 2.35. The Kier molecular flexibility index (Phi) is 13.1. The number of carboxylic acid groups (broad SMARTS) is 1. The predicted octanol–water partition coefficient (Wildman–Crippen LogP) is 6.96. The molecule has 2 aliphatic rings. The first kappa shape index (κ1) is 40.2. The second-order valence-corrected chi connectivity index (χ2v) is 12.7. The SMILES string of the molecule is O=C(O)c1cc(F)cc(F)c1.O=C(O[C@H]1Cc2ccccc2C[C@H]1OC(=O)c1cc(F)cc(F)c1)c1cc(F)cc(F)c1.O[C@@H]1Cc2ccccc2C[C@@H]1O. The summed E-state index contributed by atoms with van der Waals surface area (Å²) in [5.74, 6) is -8.88. The maximum atomic E-state index is 13.5. The maximum Gasteiger partial charge on any atom is 0.338 e. The van der Waals surface area contributed by atoms with Gasteiger partial charge in [0, 0.05) is 43.9 Å². The van der Waals surface area contributed by atoms with Crippen molar-refractivity contribution in [1.29, 1.82) is 0 Å². The molecule has 286 valence electrons. The number of halogens is 6. The number of hydrogen-bond donors (Lipinski definition) is 3. The number of aliphatic hydroxyl groups excluding tert-OH is 2. The zero-order valence-corrected chi connectivity index (χ0v) is 28.6. The summed E-state index contributed by atoms with van der Waals surface area (Å²) in [5, 5.41) is 27.0. The molecule has 0 unspecified atom stereocenters. The third-order valence-corrected chi connectivity index (χ3v) is 8.62. The number of carbonyl (C=O) groups excluding carboxylic acids is 2. The molecule has 0 fully saturated rings.